The largest absolute Gasteiger partial charge is 0.481 e. The lowest BCUT2D eigenvalue weighted by atomic mass is 9.97. The van der Waals surface area contributed by atoms with Crippen LogP contribution in [0, 0.1) is 5.92 Å². The number of ether oxygens (including phenoxy) is 1. The summed E-state index contributed by atoms with van der Waals surface area (Å²) in [6.07, 6.45) is 8.69. The fraction of sp³-hybridized carbons (Fsp3) is 0.727. The number of nitrogens with two attached hydrogens (primary N) is 1. The zero-order valence-electron chi connectivity index (χ0n) is 19.0. The maximum atomic E-state index is 12.4. The van der Waals surface area contributed by atoms with E-state index < -0.39 is 5.97 Å². The number of nitrogens with zero attached hydrogens (tertiary/aromatic N) is 4. The van der Waals surface area contributed by atoms with Crippen molar-refractivity contribution in [2.45, 2.75) is 71.3 Å². The monoisotopic (exact) mass is 448 g/mol. The zero-order valence-corrected chi connectivity index (χ0v) is 19.0. The molecule has 32 heavy (non-hydrogen) atoms. The van der Waals surface area contributed by atoms with Crippen molar-refractivity contribution in [2.75, 3.05) is 32.0 Å². The number of aromatic nitrogens is 4. The van der Waals surface area contributed by atoms with Crippen LogP contribution >= 0.6 is 0 Å². The van der Waals surface area contributed by atoms with Crippen molar-refractivity contribution >= 4 is 23.0 Å². The molecule has 10 nitrogen and oxygen atoms in total. The molecule has 1 aliphatic heterocycles. The van der Waals surface area contributed by atoms with Gasteiger partial charge in [0, 0.05) is 6.54 Å². The molecule has 0 bridgehead atoms. The Morgan fingerprint density at radius 3 is 2.50 bits per heavy atom. The third kappa shape index (κ3) is 6.44. The summed E-state index contributed by atoms with van der Waals surface area (Å²) in [4.78, 5) is 37.1. The highest BCUT2D eigenvalue weighted by atomic mass is 16.5. The number of nitrogen functional groups attached to an aromatic ring is 1. The summed E-state index contributed by atoms with van der Waals surface area (Å²) in [6.45, 7) is 5.98. The van der Waals surface area contributed by atoms with Gasteiger partial charge in [0.05, 0.1) is 12.5 Å². The molecule has 0 unspecified atom stereocenters. The Balaban J connectivity index is 1.40. The first-order chi connectivity index (χ1) is 15.5. The lowest BCUT2D eigenvalue weighted by molar-refractivity contribution is -0.143. The van der Waals surface area contributed by atoms with E-state index in [0.717, 1.165) is 77.4 Å². The first-order valence-corrected chi connectivity index (χ1v) is 11.8. The second kappa shape index (κ2) is 11.8. The second-order valence-corrected chi connectivity index (χ2v) is 8.60. The summed E-state index contributed by atoms with van der Waals surface area (Å²) < 4.78 is 7.19. The number of H-pyrrole nitrogens is 1. The van der Waals surface area contributed by atoms with Crippen LogP contribution in [0.5, 0.6) is 6.01 Å². The van der Waals surface area contributed by atoms with Gasteiger partial charge in [-0.1, -0.05) is 32.6 Å². The number of hydrogen-bond donors (Lipinski definition) is 3. The Morgan fingerprint density at radius 2 is 1.81 bits per heavy atom. The van der Waals surface area contributed by atoms with Crippen LogP contribution in [0.4, 0.5) is 5.82 Å². The van der Waals surface area contributed by atoms with Gasteiger partial charge in [-0.3, -0.25) is 9.36 Å². The summed E-state index contributed by atoms with van der Waals surface area (Å²) in [7, 11) is 0. The SMILES string of the molecule is CCCCOc1nc(N)c2[nH]c(=O)n(CCCCCCCN3CCC(C(=O)O)CC3)c2n1. The number of nitrogens with one attached hydrogen (secondary N) is 1. The van der Waals surface area contributed by atoms with Crippen molar-refractivity contribution in [3.8, 4) is 6.01 Å². The topological polar surface area (TPSA) is 139 Å². The van der Waals surface area contributed by atoms with Crippen LogP contribution in [0.1, 0.15) is 64.7 Å². The number of unbranched alkanes of at least 4 members (excludes halogenated alkanes) is 5. The zero-order chi connectivity index (χ0) is 22.9. The maximum Gasteiger partial charge on any atom is 0.327 e. The molecule has 2 aromatic heterocycles. The standard InChI is InChI=1S/C22H36N6O4/c1-2-3-15-32-21-25-18(23)17-19(26-21)28(22(31)24-17)12-8-6-4-5-7-11-27-13-9-16(10-14-27)20(29)30/h16H,2-15H2,1H3,(H,24,31)(H,29,30)(H2,23,25,26). The molecular weight excluding hydrogens is 412 g/mol. The molecule has 0 aliphatic carbocycles. The van der Waals surface area contributed by atoms with E-state index in [-0.39, 0.29) is 23.4 Å². The number of piperidine rings is 1. The molecule has 1 saturated heterocycles. The number of imidazole rings is 1. The molecule has 3 heterocycles. The third-order valence-corrected chi connectivity index (χ3v) is 6.15. The van der Waals surface area contributed by atoms with Crippen molar-refractivity contribution in [1.82, 2.24) is 24.4 Å². The van der Waals surface area contributed by atoms with Crippen LogP contribution < -0.4 is 16.2 Å². The first-order valence-electron chi connectivity index (χ1n) is 11.8. The van der Waals surface area contributed by atoms with Crippen molar-refractivity contribution in [3.05, 3.63) is 10.5 Å². The number of carboxylic acid groups (broad SMARTS) is 1. The van der Waals surface area contributed by atoms with Crippen LogP contribution in [-0.4, -0.2) is 61.7 Å². The van der Waals surface area contributed by atoms with Gasteiger partial charge in [-0.2, -0.15) is 9.97 Å². The van der Waals surface area contributed by atoms with E-state index in [1.807, 2.05) is 0 Å². The number of hydrogen-bond acceptors (Lipinski definition) is 7. The first kappa shape index (κ1) is 24.0. The Bertz CT molecular complexity index is 932. The molecule has 1 fully saturated rings. The summed E-state index contributed by atoms with van der Waals surface area (Å²) >= 11 is 0. The third-order valence-electron chi connectivity index (χ3n) is 6.15. The fourth-order valence-electron chi connectivity index (χ4n) is 4.15. The van der Waals surface area contributed by atoms with Crippen LogP contribution in [0.25, 0.3) is 11.2 Å². The summed E-state index contributed by atoms with van der Waals surface area (Å²) in [6, 6.07) is 0.212. The average Bonchev–Trinajstić information content (AvgIpc) is 3.09. The highest BCUT2D eigenvalue weighted by Gasteiger charge is 2.23. The summed E-state index contributed by atoms with van der Waals surface area (Å²) in [5.74, 6) is -0.600. The lowest BCUT2D eigenvalue weighted by Gasteiger charge is -2.29. The molecule has 4 N–H and O–H groups in total. The number of anilines is 1. The summed E-state index contributed by atoms with van der Waals surface area (Å²) in [5.41, 5.74) is 6.73. The van der Waals surface area contributed by atoms with Gasteiger partial charge in [-0.15, -0.1) is 0 Å². The summed E-state index contributed by atoms with van der Waals surface area (Å²) in [5, 5.41) is 9.07. The van der Waals surface area contributed by atoms with Crippen LogP contribution in [0.15, 0.2) is 4.79 Å². The molecule has 1 aliphatic rings. The predicted octanol–water partition coefficient (Wildman–Crippen LogP) is 2.63. The number of aromatic amines is 1. The van der Waals surface area contributed by atoms with E-state index in [0.29, 0.717) is 24.3 Å². The number of aliphatic carboxylic acids is 1. The van der Waals surface area contributed by atoms with Crippen LogP contribution in [0.2, 0.25) is 0 Å². The molecule has 0 saturated carbocycles. The number of likely N-dealkylation sites (tertiary alicyclic amines) is 1. The predicted molar refractivity (Wildman–Crippen MR) is 123 cm³/mol. The molecule has 0 amide bonds. The van der Waals surface area contributed by atoms with Crippen molar-refractivity contribution < 1.29 is 14.6 Å². The van der Waals surface area contributed by atoms with E-state index in [4.69, 9.17) is 15.6 Å². The Morgan fingerprint density at radius 1 is 1.12 bits per heavy atom. The quantitative estimate of drug-likeness (QED) is 0.397. The minimum atomic E-state index is -0.659. The van der Waals surface area contributed by atoms with Gasteiger partial charge in [0.25, 0.3) is 0 Å². The van der Waals surface area contributed by atoms with Crippen molar-refractivity contribution in [2.24, 2.45) is 5.92 Å². The Hall–Kier alpha value is -2.62. The van der Waals surface area contributed by atoms with Gasteiger partial charge in [-0.25, -0.2) is 4.79 Å². The number of aryl methyl sites for hydroxylation is 1. The number of carboxylic acids is 1. The van der Waals surface area contributed by atoms with Gasteiger partial charge < -0.3 is 25.5 Å². The van der Waals surface area contributed by atoms with E-state index in [1.54, 1.807) is 4.57 Å². The smallest absolute Gasteiger partial charge is 0.327 e. The molecule has 0 spiro atoms. The maximum absolute atomic E-state index is 12.4. The molecule has 178 valence electrons. The number of rotatable bonds is 13. The highest BCUT2D eigenvalue weighted by molar-refractivity contribution is 5.81. The molecule has 0 aromatic carbocycles. The second-order valence-electron chi connectivity index (χ2n) is 8.60. The molecule has 2 aromatic rings. The van der Waals surface area contributed by atoms with Crippen LogP contribution in [0.3, 0.4) is 0 Å². The molecule has 0 atom stereocenters. The van der Waals surface area contributed by atoms with Crippen molar-refractivity contribution in [3.63, 3.8) is 0 Å². The minimum absolute atomic E-state index is 0.168. The number of carbonyl (C=O) groups is 1. The van der Waals surface area contributed by atoms with Gasteiger partial charge in [0.2, 0.25) is 0 Å². The van der Waals surface area contributed by atoms with Gasteiger partial charge in [0.15, 0.2) is 11.5 Å². The lowest BCUT2D eigenvalue weighted by Crippen LogP contribution is -2.36. The van der Waals surface area contributed by atoms with Gasteiger partial charge >= 0.3 is 17.7 Å². The minimum Gasteiger partial charge on any atom is -0.481 e. The van der Waals surface area contributed by atoms with Gasteiger partial charge in [-0.05, 0) is 51.7 Å². The fourth-order valence-corrected chi connectivity index (χ4v) is 4.15. The van der Waals surface area contributed by atoms with E-state index >= 15 is 0 Å². The average molecular weight is 449 g/mol. The molecule has 0 radical (unpaired) electrons. The van der Waals surface area contributed by atoms with Gasteiger partial charge in [0.1, 0.15) is 5.52 Å². The van der Waals surface area contributed by atoms with E-state index in [2.05, 4.69) is 26.8 Å². The van der Waals surface area contributed by atoms with Crippen LogP contribution in [-0.2, 0) is 11.3 Å². The Labute approximate surface area is 188 Å². The Kier molecular flexibility index (Phi) is 8.90. The van der Waals surface area contributed by atoms with E-state index in [1.165, 1.54) is 0 Å². The van der Waals surface area contributed by atoms with Crippen molar-refractivity contribution in [1.29, 1.82) is 0 Å². The van der Waals surface area contributed by atoms with E-state index in [9.17, 15) is 9.59 Å². The molecule has 3 rings (SSSR count). The molecule has 10 heteroatoms. The molecular formula is C22H36N6O4. The highest BCUT2D eigenvalue weighted by Crippen LogP contribution is 2.19. The number of fused-ring (bicyclic) bond motifs is 1. The normalized spacial score (nSPS) is 15.4.